The smallest absolute Gasteiger partial charge is 0.173 e. The Labute approximate surface area is 124 Å². The van der Waals surface area contributed by atoms with Gasteiger partial charge in [0.2, 0.25) is 0 Å². The van der Waals surface area contributed by atoms with E-state index < -0.39 is 9.84 Å². The van der Waals surface area contributed by atoms with E-state index in [0.29, 0.717) is 6.54 Å². The van der Waals surface area contributed by atoms with Crippen molar-refractivity contribution >= 4 is 22.2 Å². The summed E-state index contributed by atoms with van der Waals surface area (Å²) < 4.78 is 37.0. The van der Waals surface area contributed by atoms with Crippen molar-refractivity contribution in [1.82, 2.24) is 0 Å². The molecular formula is C14H16ClFNO2S+. The Morgan fingerprint density at radius 3 is 2.05 bits per heavy atom. The lowest BCUT2D eigenvalue weighted by molar-refractivity contribution is -0.688. The Morgan fingerprint density at radius 2 is 1.55 bits per heavy atom. The molecule has 0 saturated carbocycles. The summed E-state index contributed by atoms with van der Waals surface area (Å²) in [4.78, 5) is 0. The van der Waals surface area contributed by atoms with E-state index in [1.807, 2.05) is 17.0 Å². The highest BCUT2D eigenvalue weighted by molar-refractivity contribution is 7.89. The van der Waals surface area contributed by atoms with Gasteiger partial charge in [-0.2, -0.15) is 0 Å². The highest BCUT2D eigenvalue weighted by Crippen LogP contribution is 2.04. The fourth-order valence-corrected chi connectivity index (χ4v) is 2.59. The standard InChI is InChI=1S/C14H15FNO2S.ClH/c1-19(17,18)11-13-6-8-16(9-7-13)10-12-2-4-14(15)5-3-12;/h2-9H,10-11H2,1H3;1H/q+1;. The quantitative estimate of drug-likeness (QED) is 0.810. The number of pyridine rings is 1. The average Bonchev–Trinajstić information content (AvgIpc) is 2.33. The number of nitrogens with zero attached hydrogens (tertiary/aromatic N) is 1. The van der Waals surface area contributed by atoms with E-state index in [4.69, 9.17) is 0 Å². The average molecular weight is 317 g/mol. The van der Waals surface area contributed by atoms with E-state index in [-0.39, 0.29) is 24.0 Å². The highest BCUT2D eigenvalue weighted by atomic mass is 35.5. The molecule has 1 aromatic carbocycles. The molecule has 108 valence electrons. The molecule has 0 amide bonds. The SMILES string of the molecule is CS(=O)(=O)Cc1cc[n+](Cc2ccc(F)cc2)cc1.Cl. The first-order valence-electron chi connectivity index (χ1n) is 5.82. The minimum Gasteiger partial charge on any atom is -0.229 e. The zero-order chi connectivity index (χ0) is 13.9. The van der Waals surface area contributed by atoms with Gasteiger partial charge >= 0.3 is 0 Å². The van der Waals surface area contributed by atoms with Gasteiger partial charge in [0.05, 0.1) is 5.75 Å². The molecule has 1 aromatic heterocycles. The van der Waals surface area contributed by atoms with Gasteiger partial charge < -0.3 is 0 Å². The monoisotopic (exact) mass is 316 g/mol. The first kappa shape index (κ1) is 16.6. The van der Waals surface area contributed by atoms with E-state index in [2.05, 4.69) is 0 Å². The van der Waals surface area contributed by atoms with Crippen molar-refractivity contribution in [2.45, 2.75) is 12.3 Å². The molecule has 0 aliphatic rings. The Balaban J connectivity index is 0.00000200. The van der Waals surface area contributed by atoms with Crippen LogP contribution in [-0.2, 0) is 22.1 Å². The molecule has 0 saturated heterocycles. The predicted molar refractivity (Wildman–Crippen MR) is 77.9 cm³/mol. The molecule has 6 heteroatoms. The minimum absolute atomic E-state index is 0. The van der Waals surface area contributed by atoms with Gasteiger partial charge in [0.1, 0.15) is 5.82 Å². The normalized spacial score (nSPS) is 10.9. The van der Waals surface area contributed by atoms with Crippen LogP contribution in [0.4, 0.5) is 4.39 Å². The summed E-state index contributed by atoms with van der Waals surface area (Å²) in [6, 6.07) is 9.87. The van der Waals surface area contributed by atoms with E-state index in [1.54, 1.807) is 24.3 Å². The second kappa shape index (κ2) is 6.81. The Hall–Kier alpha value is -1.46. The van der Waals surface area contributed by atoms with Gasteiger partial charge in [-0.15, -0.1) is 12.4 Å². The van der Waals surface area contributed by atoms with Gasteiger partial charge in [-0.25, -0.2) is 17.4 Å². The molecule has 0 spiro atoms. The maximum absolute atomic E-state index is 12.8. The molecule has 0 bridgehead atoms. The third-order valence-electron chi connectivity index (χ3n) is 2.67. The minimum atomic E-state index is -3.00. The summed E-state index contributed by atoms with van der Waals surface area (Å²) in [5.74, 6) is -0.207. The largest absolute Gasteiger partial charge is 0.229 e. The van der Waals surface area contributed by atoms with Crippen LogP contribution in [0.2, 0.25) is 0 Å². The molecule has 0 aliphatic carbocycles. The van der Waals surface area contributed by atoms with E-state index in [9.17, 15) is 12.8 Å². The summed E-state index contributed by atoms with van der Waals surface area (Å²) in [6.07, 6.45) is 4.86. The number of hydrogen-bond donors (Lipinski definition) is 0. The van der Waals surface area contributed by atoms with Gasteiger partial charge in [-0.1, -0.05) is 0 Å². The van der Waals surface area contributed by atoms with Crippen molar-refractivity contribution in [3.63, 3.8) is 0 Å². The molecule has 2 rings (SSSR count). The lowest BCUT2D eigenvalue weighted by Gasteiger charge is -2.00. The zero-order valence-electron chi connectivity index (χ0n) is 11.0. The number of hydrogen-bond acceptors (Lipinski definition) is 2. The van der Waals surface area contributed by atoms with Crippen molar-refractivity contribution in [1.29, 1.82) is 0 Å². The molecule has 0 aliphatic heterocycles. The second-order valence-corrected chi connectivity index (χ2v) is 6.72. The van der Waals surface area contributed by atoms with Gasteiger partial charge in [-0.3, -0.25) is 0 Å². The summed E-state index contributed by atoms with van der Waals surface area (Å²) in [5, 5.41) is 0. The van der Waals surface area contributed by atoms with Crippen LogP contribution in [0.25, 0.3) is 0 Å². The fourth-order valence-electron chi connectivity index (χ4n) is 1.79. The molecule has 0 atom stereocenters. The van der Waals surface area contributed by atoms with Crippen LogP contribution >= 0.6 is 12.4 Å². The van der Waals surface area contributed by atoms with Crippen molar-refractivity contribution in [3.8, 4) is 0 Å². The summed E-state index contributed by atoms with van der Waals surface area (Å²) >= 11 is 0. The van der Waals surface area contributed by atoms with Crippen LogP contribution in [0.15, 0.2) is 48.8 Å². The van der Waals surface area contributed by atoms with E-state index in [1.165, 1.54) is 18.4 Å². The molecule has 0 fully saturated rings. The van der Waals surface area contributed by atoms with Gasteiger partial charge in [-0.05, 0) is 29.8 Å². The molecule has 1 heterocycles. The third kappa shape index (κ3) is 5.27. The number of halogens is 2. The van der Waals surface area contributed by atoms with Crippen LogP contribution in [0.5, 0.6) is 0 Å². The maximum Gasteiger partial charge on any atom is 0.173 e. The van der Waals surface area contributed by atoms with Crippen LogP contribution < -0.4 is 4.57 Å². The topological polar surface area (TPSA) is 38.0 Å². The van der Waals surface area contributed by atoms with Crippen molar-refractivity contribution < 1.29 is 17.4 Å². The molecule has 0 unspecified atom stereocenters. The lowest BCUT2D eigenvalue weighted by Crippen LogP contribution is -2.33. The van der Waals surface area contributed by atoms with Gasteiger partial charge in [0, 0.05) is 24.0 Å². The van der Waals surface area contributed by atoms with E-state index >= 15 is 0 Å². The van der Waals surface area contributed by atoms with Crippen molar-refractivity contribution in [2.75, 3.05) is 6.26 Å². The van der Waals surface area contributed by atoms with Crippen molar-refractivity contribution in [3.05, 3.63) is 65.7 Å². The Kier molecular flexibility index (Phi) is 5.65. The van der Waals surface area contributed by atoms with Gasteiger partial charge in [0.15, 0.2) is 28.8 Å². The first-order valence-corrected chi connectivity index (χ1v) is 7.88. The Bertz CT molecular complexity index is 655. The highest BCUT2D eigenvalue weighted by Gasteiger charge is 2.07. The van der Waals surface area contributed by atoms with Crippen LogP contribution in [-0.4, -0.2) is 14.7 Å². The van der Waals surface area contributed by atoms with Crippen LogP contribution in [0.1, 0.15) is 11.1 Å². The number of sulfone groups is 1. The molecule has 0 N–H and O–H groups in total. The molecule has 3 nitrogen and oxygen atoms in total. The molecule has 20 heavy (non-hydrogen) atoms. The Morgan fingerprint density at radius 1 is 1.00 bits per heavy atom. The zero-order valence-corrected chi connectivity index (χ0v) is 12.6. The van der Waals surface area contributed by atoms with E-state index in [0.717, 1.165) is 11.1 Å². The molecule has 0 radical (unpaired) electrons. The van der Waals surface area contributed by atoms with Gasteiger partial charge in [0.25, 0.3) is 0 Å². The molecule has 2 aromatic rings. The number of rotatable bonds is 4. The van der Waals surface area contributed by atoms with Crippen LogP contribution in [0.3, 0.4) is 0 Å². The number of aromatic nitrogens is 1. The third-order valence-corrected chi connectivity index (χ3v) is 3.53. The summed E-state index contributed by atoms with van der Waals surface area (Å²) in [7, 11) is -3.00. The summed E-state index contributed by atoms with van der Waals surface area (Å²) in [5.41, 5.74) is 1.75. The maximum atomic E-state index is 12.8. The fraction of sp³-hybridized carbons (Fsp3) is 0.214. The predicted octanol–water partition coefficient (Wildman–Crippen LogP) is 2.13. The number of benzene rings is 1. The molecular weight excluding hydrogens is 301 g/mol. The second-order valence-electron chi connectivity index (χ2n) is 4.58. The van der Waals surface area contributed by atoms with Crippen molar-refractivity contribution in [2.24, 2.45) is 0 Å². The lowest BCUT2D eigenvalue weighted by atomic mass is 10.2. The van der Waals surface area contributed by atoms with Crippen LogP contribution in [0, 0.1) is 5.82 Å². The first-order chi connectivity index (χ1) is 8.92. The summed E-state index contributed by atoms with van der Waals surface area (Å²) in [6.45, 7) is 0.624.